The third-order valence-electron chi connectivity index (χ3n) is 3.85. The molecule has 0 aromatic carbocycles. The quantitative estimate of drug-likeness (QED) is 0.275. The predicted octanol–water partition coefficient (Wildman–Crippen LogP) is 5.20. The molecule has 0 radical (unpaired) electrons. The number of unbranched alkanes of at least 4 members (excludes halogenated alkanes) is 8. The lowest BCUT2D eigenvalue weighted by atomic mass is 10.1. The van der Waals surface area contributed by atoms with E-state index in [1.807, 2.05) is 20.8 Å². The summed E-state index contributed by atoms with van der Waals surface area (Å²) in [5.74, 6) is -0.441. The molecule has 5 nitrogen and oxygen atoms in total. The Hall–Kier alpha value is -1.10. The Bertz CT molecular complexity index is 360. The number of ether oxygens (including phenoxy) is 3. The summed E-state index contributed by atoms with van der Waals surface area (Å²) in [7, 11) is 0. The minimum absolute atomic E-state index is 0.163. The SMILES string of the molecule is CCCCCCCCCCCC(=O)OCCOCCC(=O)OC(C)(C)C. The second-order valence-corrected chi connectivity index (χ2v) is 7.75. The highest BCUT2D eigenvalue weighted by atomic mass is 16.6. The van der Waals surface area contributed by atoms with Crippen LogP contribution in [0.3, 0.4) is 0 Å². The highest BCUT2D eigenvalue weighted by Gasteiger charge is 2.15. The van der Waals surface area contributed by atoms with Crippen molar-refractivity contribution in [3.63, 3.8) is 0 Å². The standard InChI is InChI=1S/C21H40O5/c1-5-6-7-8-9-10-11-12-13-14-19(22)25-18-17-24-16-15-20(23)26-21(2,3)4/h5-18H2,1-4H3. The van der Waals surface area contributed by atoms with Gasteiger partial charge in [0.25, 0.3) is 0 Å². The summed E-state index contributed by atoms with van der Waals surface area (Å²) < 4.78 is 15.6. The lowest BCUT2D eigenvalue weighted by Crippen LogP contribution is -2.24. The molecule has 0 rings (SSSR count). The lowest BCUT2D eigenvalue weighted by molar-refractivity contribution is -0.156. The van der Waals surface area contributed by atoms with Crippen LogP contribution in [0.25, 0.3) is 0 Å². The van der Waals surface area contributed by atoms with Crippen LogP contribution in [0.1, 0.15) is 98.3 Å². The normalized spacial score (nSPS) is 11.4. The van der Waals surface area contributed by atoms with Crippen molar-refractivity contribution in [3.05, 3.63) is 0 Å². The second-order valence-electron chi connectivity index (χ2n) is 7.75. The fraction of sp³-hybridized carbons (Fsp3) is 0.905. The van der Waals surface area contributed by atoms with E-state index in [0.717, 1.165) is 12.8 Å². The van der Waals surface area contributed by atoms with Gasteiger partial charge in [0, 0.05) is 6.42 Å². The molecule has 0 spiro atoms. The van der Waals surface area contributed by atoms with E-state index in [2.05, 4.69) is 6.92 Å². The van der Waals surface area contributed by atoms with Gasteiger partial charge in [0.1, 0.15) is 12.2 Å². The zero-order valence-corrected chi connectivity index (χ0v) is 17.4. The van der Waals surface area contributed by atoms with E-state index in [0.29, 0.717) is 13.0 Å². The molecule has 0 heterocycles. The summed E-state index contributed by atoms with van der Waals surface area (Å²) in [6, 6.07) is 0. The van der Waals surface area contributed by atoms with Crippen LogP contribution in [0.2, 0.25) is 0 Å². The van der Waals surface area contributed by atoms with Crippen LogP contribution in [0.5, 0.6) is 0 Å². The van der Waals surface area contributed by atoms with Gasteiger partial charge in [-0.15, -0.1) is 0 Å². The molecule has 0 aliphatic carbocycles. The molecular weight excluding hydrogens is 332 g/mol. The Morgan fingerprint density at radius 1 is 0.692 bits per heavy atom. The van der Waals surface area contributed by atoms with Crippen LogP contribution < -0.4 is 0 Å². The molecule has 5 heteroatoms. The summed E-state index contributed by atoms with van der Waals surface area (Å²) in [6.45, 7) is 8.56. The molecule has 0 bridgehead atoms. The first-order chi connectivity index (χ1) is 12.3. The molecule has 0 aromatic rings. The fourth-order valence-electron chi connectivity index (χ4n) is 2.52. The maximum Gasteiger partial charge on any atom is 0.308 e. The Kier molecular flexibility index (Phi) is 15.4. The summed E-state index contributed by atoms with van der Waals surface area (Å²) in [6.07, 6.45) is 11.8. The molecule has 26 heavy (non-hydrogen) atoms. The number of hydrogen-bond donors (Lipinski definition) is 0. The van der Waals surface area contributed by atoms with E-state index >= 15 is 0 Å². The molecule has 0 aliphatic heterocycles. The first kappa shape index (κ1) is 24.9. The number of hydrogen-bond acceptors (Lipinski definition) is 5. The summed E-state index contributed by atoms with van der Waals surface area (Å²) in [5, 5.41) is 0. The lowest BCUT2D eigenvalue weighted by Gasteiger charge is -2.19. The van der Waals surface area contributed by atoms with E-state index in [4.69, 9.17) is 14.2 Å². The van der Waals surface area contributed by atoms with Crippen molar-refractivity contribution in [1.29, 1.82) is 0 Å². The van der Waals surface area contributed by atoms with Crippen LogP contribution in [-0.2, 0) is 23.8 Å². The maximum absolute atomic E-state index is 11.6. The van der Waals surface area contributed by atoms with Gasteiger partial charge < -0.3 is 14.2 Å². The van der Waals surface area contributed by atoms with E-state index in [-0.39, 0.29) is 31.6 Å². The zero-order valence-electron chi connectivity index (χ0n) is 17.4. The van der Waals surface area contributed by atoms with Crippen molar-refractivity contribution in [2.75, 3.05) is 19.8 Å². The van der Waals surface area contributed by atoms with E-state index < -0.39 is 5.60 Å². The number of carbonyl (C=O) groups excluding carboxylic acids is 2. The van der Waals surface area contributed by atoms with Gasteiger partial charge >= 0.3 is 11.9 Å². The third kappa shape index (κ3) is 19.2. The van der Waals surface area contributed by atoms with E-state index in [9.17, 15) is 9.59 Å². The average molecular weight is 373 g/mol. The average Bonchev–Trinajstić information content (AvgIpc) is 2.55. The van der Waals surface area contributed by atoms with Crippen molar-refractivity contribution in [1.82, 2.24) is 0 Å². The van der Waals surface area contributed by atoms with Gasteiger partial charge in [0.05, 0.1) is 19.6 Å². The zero-order chi connectivity index (χ0) is 19.7. The van der Waals surface area contributed by atoms with Crippen LogP contribution in [0, 0.1) is 0 Å². The number of esters is 2. The second kappa shape index (κ2) is 16.1. The number of rotatable bonds is 16. The Morgan fingerprint density at radius 2 is 1.27 bits per heavy atom. The molecule has 0 atom stereocenters. The van der Waals surface area contributed by atoms with Gasteiger partial charge in [-0.3, -0.25) is 9.59 Å². The van der Waals surface area contributed by atoms with Gasteiger partial charge in [0.15, 0.2) is 0 Å². The topological polar surface area (TPSA) is 61.8 Å². The molecule has 0 N–H and O–H groups in total. The van der Waals surface area contributed by atoms with Crippen molar-refractivity contribution >= 4 is 11.9 Å². The van der Waals surface area contributed by atoms with Gasteiger partial charge in [-0.25, -0.2) is 0 Å². The van der Waals surface area contributed by atoms with E-state index in [1.54, 1.807) is 0 Å². The van der Waals surface area contributed by atoms with Crippen LogP contribution in [0.4, 0.5) is 0 Å². The molecule has 154 valence electrons. The first-order valence-electron chi connectivity index (χ1n) is 10.3. The Labute approximate surface area is 160 Å². The van der Waals surface area contributed by atoms with Crippen molar-refractivity contribution in [2.45, 2.75) is 104 Å². The predicted molar refractivity (Wildman–Crippen MR) is 104 cm³/mol. The van der Waals surface area contributed by atoms with Crippen LogP contribution in [-0.4, -0.2) is 37.4 Å². The molecule has 0 fully saturated rings. The molecule has 0 unspecified atom stereocenters. The molecule has 0 saturated carbocycles. The molecule has 0 aromatic heterocycles. The fourth-order valence-corrected chi connectivity index (χ4v) is 2.52. The Morgan fingerprint density at radius 3 is 1.85 bits per heavy atom. The highest BCUT2D eigenvalue weighted by molar-refractivity contribution is 5.70. The minimum Gasteiger partial charge on any atom is -0.463 e. The van der Waals surface area contributed by atoms with Crippen molar-refractivity contribution < 1.29 is 23.8 Å². The van der Waals surface area contributed by atoms with Gasteiger partial charge in [-0.05, 0) is 27.2 Å². The summed E-state index contributed by atoms with van der Waals surface area (Å²) in [4.78, 5) is 23.1. The van der Waals surface area contributed by atoms with Gasteiger partial charge in [0.2, 0.25) is 0 Å². The first-order valence-corrected chi connectivity index (χ1v) is 10.3. The monoisotopic (exact) mass is 372 g/mol. The van der Waals surface area contributed by atoms with Crippen LogP contribution >= 0.6 is 0 Å². The Balaban J connectivity index is 3.33. The van der Waals surface area contributed by atoms with Crippen LogP contribution in [0.15, 0.2) is 0 Å². The summed E-state index contributed by atoms with van der Waals surface area (Å²) >= 11 is 0. The van der Waals surface area contributed by atoms with Crippen molar-refractivity contribution in [2.24, 2.45) is 0 Å². The summed E-state index contributed by atoms with van der Waals surface area (Å²) in [5.41, 5.74) is -0.471. The van der Waals surface area contributed by atoms with Crippen molar-refractivity contribution in [3.8, 4) is 0 Å². The van der Waals surface area contributed by atoms with Gasteiger partial charge in [-0.1, -0.05) is 58.3 Å². The molecule has 0 saturated heterocycles. The number of carbonyl (C=O) groups is 2. The smallest absolute Gasteiger partial charge is 0.308 e. The largest absolute Gasteiger partial charge is 0.463 e. The molecular formula is C21H40O5. The minimum atomic E-state index is -0.471. The van der Waals surface area contributed by atoms with Gasteiger partial charge in [-0.2, -0.15) is 0 Å². The van der Waals surface area contributed by atoms with E-state index in [1.165, 1.54) is 44.9 Å². The molecule has 0 amide bonds. The third-order valence-corrected chi connectivity index (χ3v) is 3.85. The maximum atomic E-state index is 11.6. The molecule has 0 aliphatic rings. The highest BCUT2D eigenvalue weighted by Crippen LogP contribution is 2.11.